The summed E-state index contributed by atoms with van der Waals surface area (Å²) in [5.41, 5.74) is 1.50. The second-order valence-corrected chi connectivity index (χ2v) is 29.4. The summed E-state index contributed by atoms with van der Waals surface area (Å²) in [6.07, 6.45) is 17.1. The fourth-order valence-electron chi connectivity index (χ4n) is 7.05. The predicted molar refractivity (Wildman–Crippen MR) is 221 cm³/mol. The van der Waals surface area contributed by atoms with E-state index in [0.717, 1.165) is 19.3 Å². The quantitative estimate of drug-likeness (QED) is 0.103. The molecule has 1 aliphatic rings. The van der Waals surface area contributed by atoms with Crippen molar-refractivity contribution in [3.63, 3.8) is 0 Å². The molecular weight excluding hydrogens is 689 g/mol. The largest absolute Gasteiger partial charge is 0.413 e. The monoisotopic (exact) mass is 760 g/mol. The average Bonchev–Trinajstić information content (AvgIpc) is 3.01. The van der Waals surface area contributed by atoms with Gasteiger partial charge < -0.3 is 18.3 Å². The van der Waals surface area contributed by atoms with Crippen LogP contribution >= 0.6 is 0 Å². The van der Waals surface area contributed by atoms with Gasteiger partial charge in [-0.2, -0.15) is 0 Å². The topological polar surface area (TPSA) is 71.1 Å². The summed E-state index contributed by atoms with van der Waals surface area (Å²) >= 11 is 0. The molecule has 3 atom stereocenters. The van der Waals surface area contributed by atoms with Crippen LogP contribution in [-0.4, -0.2) is 55.8 Å². The second kappa shape index (κ2) is 19.6. The van der Waals surface area contributed by atoms with Crippen molar-refractivity contribution in [3.8, 4) is 0 Å². The molecule has 1 heterocycles. The molecule has 1 saturated heterocycles. The highest BCUT2D eigenvalue weighted by atomic mass is 32.2. The van der Waals surface area contributed by atoms with Crippen LogP contribution in [0.3, 0.4) is 0 Å². The zero-order valence-corrected chi connectivity index (χ0v) is 37.3. The summed E-state index contributed by atoms with van der Waals surface area (Å²) in [5.74, 6) is -0.752. The summed E-state index contributed by atoms with van der Waals surface area (Å²) in [5, 5.41) is 0.194. The van der Waals surface area contributed by atoms with Gasteiger partial charge in [0, 0.05) is 17.4 Å². The SMILES string of the molecule is CC(C)[Si](O[C@H](C)CCC/C(=C\C=C\[C@H]1C[C@H](C/C=C\C=C\CO[Si](C)(C)C(C)(C)C)OC(C)(C)O1)S(=O)(=O)c1ccccc1)(C(C)C)C(C)C. The summed E-state index contributed by atoms with van der Waals surface area (Å²) in [7, 11) is -7.44. The average molecular weight is 761 g/mol. The molecule has 51 heavy (non-hydrogen) atoms. The van der Waals surface area contributed by atoms with Crippen LogP contribution in [0, 0.1) is 0 Å². The number of sulfone groups is 1. The van der Waals surface area contributed by atoms with Crippen molar-refractivity contribution in [1.82, 2.24) is 0 Å². The highest BCUT2D eigenvalue weighted by Crippen LogP contribution is 2.43. The Hall–Kier alpha value is -1.60. The number of rotatable bonds is 19. The first-order chi connectivity index (χ1) is 23.5. The molecule has 0 amide bonds. The first-order valence-electron chi connectivity index (χ1n) is 19.2. The fraction of sp³-hybridized carbons (Fsp3) is 0.667. The minimum Gasteiger partial charge on any atom is -0.413 e. The lowest BCUT2D eigenvalue weighted by Crippen LogP contribution is -2.49. The summed E-state index contributed by atoms with van der Waals surface area (Å²) in [6.45, 7) is 31.7. The third-order valence-electron chi connectivity index (χ3n) is 10.7. The van der Waals surface area contributed by atoms with E-state index in [0.29, 0.717) is 45.9 Å². The molecule has 0 radical (unpaired) electrons. The van der Waals surface area contributed by atoms with Crippen LogP contribution in [0.15, 0.2) is 82.7 Å². The van der Waals surface area contributed by atoms with Gasteiger partial charge in [-0.15, -0.1) is 0 Å². The van der Waals surface area contributed by atoms with Crippen molar-refractivity contribution in [2.24, 2.45) is 0 Å². The Bertz CT molecular complexity index is 1400. The smallest absolute Gasteiger partial charge is 0.202 e. The van der Waals surface area contributed by atoms with E-state index in [1.807, 2.05) is 38.1 Å². The van der Waals surface area contributed by atoms with Gasteiger partial charge >= 0.3 is 0 Å². The lowest BCUT2D eigenvalue weighted by atomic mass is 10.0. The van der Waals surface area contributed by atoms with Crippen LogP contribution in [0.4, 0.5) is 0 Å². The molecule has 0 N–H and O–H groups in total. The van der Waals surface area contributed by atoms with Crippen LogP contribution in [0.25, 0.3) is 0 Å². The lowest BCUT2D eigenvalue weighted by Gasteiger charge is -2.44. The predicted octanol–water partition coefficient (Wildman–Crippen LogP) is 12.1. The minimum absolute atomic E-state index is 0.0206. The minimum atomic E-state index is -3.66. The van der Waals surface area contributed by atoms with Gasteiger partial charge in [0.2, 0.25) is 18.2 Å². The van der Waals surface area contributed by atoms with E-state index < -0.39 is 32.3 Å². The zero-order chi connectivity index (χ0) is 38.7. The molecule has 1 aliphatic heterocycles. The molecule has 0 bridgehead atoms. The van der Waals surface area contributed by atoms with E-state index >= 15 is 0 Å². The normalized spacial score (nSPS) is 20.5. The van der Waals surface area contributed by atoms with Crippen LogP contribution in [0.1, 0.15) is 115 Å². The van der Waals surface area contributed by atoms with Crippen LogP contribution < -0.4 is 0 Å². The van der Waals surface area contributed by atoms with Crippen molar-refractivity contribution in [1.29, 1.82) is 0 Å². The van der Waals surface area contributed by atoms with E-state index in [1.165, 1.54) is 0 Å². The van der Waals surface area contributed by atoms with Gasteiger partial charge in [-0.25, -0.2) is 8.42 Å². The maximum atomic E-state index is 13.9. The van der Waals surface area contributed by atoms with Gasteiger partial charge in [-0.1, -0.05) is 117 Å². The van der Waals surface area contributed by atoms with E-state index in [2.05, 4.69) is 101 Å². The van der Waals surface area contributed by atoms with Crippen molar-refractivity contribution in [2.45, 2.75) is 179 Å². The Morgan fingerprint density at radius 3 is 2.08 bits per heavy atom. The number of ether oxygens (including phenoxy) is 2. The molecular formula is C42H72O6SSi2. The third-order valence-corrected chi connectivity index (χ3v) is 23.3. The molecule has 290 valence electrons. The molecule has 1 aromatic rings. The van der Waals surface area contributed by atoms with E-state index in [9.17, 15) is 8.42 Å². The molecule has 2 rings (SSSR count). The first-order valence-corrected chi connectivity index (χ1v) is 25.7. The molecule has 0 aromatic heterocycles. The molecule has 0 unspecified atom stereocenters. The van der Waals surface area contributed by atoms with Gasteiger partial charge in [0.25, 0.3) is 0 Å². The highest BCUT2D eigenvalue weighted by molar-refractivity contribution is 7.95. The van der Waals surface area contributed by atoms with Crippen molar-refractivity contribution in [2.75, 3.05) is 6.61 Å². The molecule has 0 saturated carbocycles. The van der Waals surface area contributed by atoms with Gasteiger partial charge in [-0.3, -0.25) is 0 Å². The van der Waals surface area contributed by atoms with Crippen LogP contribution in [0.2, 0.25) is 34.8 Å². The summed E-state index contributed by atoms with van der Waals surface area (Å²) in [6, 6.07) is 8.73. The van der Waals surface area contributed by atoms with Crippen LogP contribution in [-0.2, 0) is 28.2 Å². The Kier molecular flexibility index (Phi) is 17.6. The van der Waals surface area contributed by atoms with Gasteiger partial charge in [0.1, 0.15) is 0 Å². The Labute approximate surface area is 315 Å². The number of hydrogen-bond donors (Lipinski definition) is 0. The molecule has 0 aliphatic carbocycles. The molecule has 9 heteroatoms. The summed E-state index contributed by atoms with van der Waals surface area (Å²) < 4.78 is 53.4. The number of benzene rings is 1. The fourth-order valence-corrected chi connectivity index (χ4v) is 15.1. The first kappa shape index (κ1) is 45.6. The third kappa shape index (κ3) is 13.6. The Morgan fingerprint density at radius 2 is 1.51 bits per heavy atom. The van der Waals surface area contributed by atoms with Gasteiger partial charge in [-0.05, 0) is 99.4 Å². The van der Waals surface area contributed by atoms with Crippen molar-refractivity contribution in [3.05, 3.63) is 77.8 Å². The highest BCUT2D eigenvalue weighted by Gasteiger charge is 2.46. The van der Waals surface area contributed by atoms with E-state index in [4.69, 9.17) is 18.3 Å². The lowest BCUT2D eigenvalue weighted by molar-refractivity contribution is -0.289. The maximum absolute atomic E-state index is 13.9. The number of hydrogen-bond acceptors (Lipinski definition) is 6. The maximum Gasteiger partial charge on any atom is 0.202 e. The summed E-state index contributed by atoms with van der Waals surface area (Å²) in [4.78, 5) is 0.725. The van der Waals surface area contributed by atoms with Gasteiger partial charge in [0.05, 0.1) is 23.7 Å². The van der Waals surface area contributed by atoms with Gasteiger partial charge in [0.15, 0.2) is 14.1 Å². The molecule has 1 fully saturated rings. The zero-order valence-electron chi connectivity index (χ0n) is 34.5. The Balaban J connectivity index is 2.14. The standard InChI is InChI=1S/C42H72O6SSi2/c1-33(2)51(34(3)4,35(5)6)48-36(7)24-22-29-40(49(43,44)39-27-19-17-20-28-39)30-23-26-38-32-37(46-42(11,12)47-38)25-18-15-16-21-31-45-50(13,14)41(8,9)10/h15-21,23,26-28,30,33-38H,22,24-25,29,31-32H2,1-14H3/b18-15-,21-16+,26-23+,40-30+/t36-,37+,38+/m1/s1. The molecule has 1 aromatic carbocycles. The Morgan fingerprint density at radius 1 is 0.922 bits per heavy atom. The number of allylic oxidation sites excluding steroid dienone is 5. The van der Waals surface area contributed by atoms with Crippen molar-refractivity contribution < 1.29 is 26.7 Å². The van der Waals surface area contributed by atoms with Crippen molar-refractivity contribution >= 4 is 26.5 Å². The molecule has 0 spiro atoms. The second-order valence-electron chi connectivity index (χ2n) is 17.2. The van der Waals surface area contributed by atoms with E-state index in [1.54, 1.807) is 30.3 Å². The van der Waals surface area contributed by atoms with Crippen LogP contribution in [0.5, 0.6) is 0 Å². The molecule has 6 nitrogen and oxygen atoms in total. The van der Waals surface area contributed by atoms with E-state index in [-0.39, 0.29) is 23.4 Å².